The minimum absolute atomic E-state index is 0.240. The topological polar surface area (TPSA) is 0 Å². The first-order valence-corrected chi connectivity index (χ1v) is 12.2. The molecule has 34 heavy (non-hydrogen) atoms. The van der Waals surface area contributed by atoms with E-state index in [1.807, 2.05) is 18.2 Å². The smallest absolute Gasteiger partial charge is 0.205 e. The van der Waals surface area contributed by atoms with Crippen LogP contribution >= 0.6 is 0 Å². The number of halogens is 4. The Balaban J connectivity index is 1.42. The zero-order chi connectivity index (χ0) is 24.1. The Kier molecular flexibility index (Phi) is 7.61. The molecule has 0 radical (unpaired) electrons. The van der Waals surface area contributed by atoms with Gasteiger partial charge in [-0.15, -0.1) is 0 Å². The van der Waals surface area contributed by atoms with Gasteiger partial charge in [0.15, 0.2) is 0 Å². The maximum Gasteiger partial charge on any atom is 0.416 e. The number of rotatable bonds is 5. The third-order valence-corrected chi connectivity index (χ3v) is 7.08. The molecule has 0 unspecified atom stereocenters. The lowest BCUT2D eigenvalue weighted by atomic mass is 9.78. The molecule has 0 nitrogen and oxygen atoms in total. The number of benzene rings is 3. The van der Waals surface area contributed by atoms with Crippen LogP contribution in [0.2, 0.25) is 0 Å². The fourth-order valence-corrected chi connectivity index (χ4v) is 5.06. The second kappa shape index (κ2) is 10.6. The van der Waals surface area contributed by atoms with Crippen LogP contribution in [-0.2, 0) is 12.6 Å². The van der Waals surface area contributed by atoms with Crippen LogP contribution in [0.4, 0.5) is 17.6 Å². The van der Waals surface area contributed by atoms with Gasteiger partial charge in [0.2, 0.25) is 0 Å². The molecule has 1 aliphatic carbocycles. The molecule has 0 spiro atoms. The zero-order valence-corrected chi connectivity index (χ0v) is 19.5. The van der Waals surface area contributed by atoms with E-state index >= 15 is 4.39 Å². The summed E-state index contributed by atoms with van der Waals surface area (Å²) in [6.45, 7) is 2.27. The molecule has 0 saturated heterocycles. The molecule has 0 aromatic heterocycles. The maximum absolute atomic E-state index is 15.0. The van der Waals surface area contributed by atoms with Gasteiger partial charge in [-0.2, -0.15) is 13.2 Å². The molecule has 1 saturated carbocycles. The van der Waals surface area contributed by atoms with Gasteiger partial charge in [-0.1, -0.05) is 81.6 Å². The average molecular weight is 467 g/mol. The Labute approximate surface area is 199 Å². The van der Waals surface area contributed by atoms with E-state index in [0.717, 1.165) is 35.8 Å². The van der Waals surface area contributed by atoms with E-state index < -0.39 is 17.6 Å². The second-order valence-electron chi connectivity index (χ2n) is 9.52. The molecule has 0 N–H and O–H groups in total. The van der Waals surface area contributed by atoms with Crippen LogP contribution in [0.1, 0.15) is 74.1 Å². The lowest BCUT2D eigenvalue weighted by Gasteiger charge is -2.28. The van der Waals surface area contributed by atoms with Gasteiger partial charge < -0.3 is 0 Å². The largest absolute Gasteiger partial charge is 0.416 e. The van der Waals surface area contributed by atoms with Crippen molar-refractivity contribution in [3.8, 4) is 11.8 Å². The van der Waals surface area contributed by atoms with Crippen molar-refractivity contribution >= 4 is 10.8 Å². The first kappa shape index (κ1) is 24.3. The number of hydrogen-bond acceptors (Lipinski definition) is 0. The van der Waals surface area contributed by atoms with Crippen LogP contribution in [-0.4, -0.2) is 0 Å². The summed E-state index contributed by atoms with van der Waals surface area (Å²) in [5.41, 5.74) is 1.15. The summed E-state index contributed by atoms with van der Waals surface area (Å²) in [5, 5.41) is 1.37. The van der Waals surface area contributed by atoms with E-state index in [1.54, 1.807) is 6.07 Å². The predicted molar refractivity (Wildman–Crippen MR) is 130 cm³/mol. The van der Waals surface area contributed by atoms with Gasteiger partial charge in [0.05, 0.1) is 11.1 Å². The van der Waals surface area contributed by atoms with Crippen molar-refractivity contribution in [1.29, 1.82) is 0 Å². The van der Waals surface area contributed by atoms with Crippen LogP contribution in [0.25, 0.3) is 10.8 Å². The Morgan fingerprint density at radius 1 is 0.824 bits per heavy atom. The summed E-state index contributed by atoms with van der Waals surface area (Å²) >= 11 is 0. The summed E-state index contributed by atoms with van der Waals surface area (Å²) in [7, 11) is 0. The minimum Gasteiger partial charge on any atom is -0.205 e. The third-order valence-electron chi connectivity index (χ3n) is 7.08. The van der Waals surface area contributed by atoms with E-state index in [1.165, 1.54) is 62.6 Å². The molecule has 0 bridgehead atoms. The maximum atomic E-state index is 15.0. The summed E-state index contributed by atoms with van der Waals surface area (Å²) in [5.74, 6) is 6.86. The fourth-order valence-electron chi connectivity index (χ4n) is 5.06. The SMILES string of the molecule is CCCC1CCC(CCc2ccc3c(F)c(C#Cc4ccc(C(F)(F)F)cc4)ccc3c2)CC1. The highest BCUT2D eigenvalue weighted by atomic mass is 19.4. The Morgan fingerprint density at radius 3 is 2.15 bits per heavy atom. The molecule has 1 fully saturated rings. The van der Waals surface area contributed by atoms with Gasteiger partial charge in [0.25, 0.3) is 0 Å². The van der Waals surface area contributed by atoms with Crippen LogP contribution < -0.4 is 0 Å². The summed E-state index contributed by atoms with van der Waals surface area (Å²) in [6.07, 6.45) is 5.82. The molecule has 178 valence electrons. The highest BCUT2D eigenvalue weighted by Gasteiger charge is 2.29. The average Bonchev–Trinajstić information content (AvgIpc) is 2.83. The standard InChI is InChI=1S/C30H30F4/c1-2-3-21-4-6-22(7-5-21)8-9-24-13-19-28-26(20-24)16-15-25(29(28)31)14-10-23-11-17-27(18-12-23)30(32,33)34/h11-13,15-22H,2-9H2,1H3. The Morgan fingerprint density at radius 2 is 1.50 bits per heavy atom. The second-order valence-corrected chi connectivity index (χ2v) is 9.52. The highest BCUT2D eigenvalue weighted by Crippen LogP contribution is 2.34. The van der Waals surface area contributed by atoms with Crippen molar-refractivity contribution in [2.45, 2.75) is 64.5 Å². The van der Waals surface area contributed by atoms with Gasteiger partial charge in [-0.05, 0) is 66.0 Å². The van der Waals surface area contributed by atoms with Gasteiger partial charge in [0.1, 0.15) is 5.82 Å². The normalized spacial score (nSPS) is 18.5. The van der Waals surface area contributed by atoms with Gasteiger partial charge in [-0.3, -0.25) is 0 Å². The zero-order valence-electron chi connectivity index (χ0n) is 19.5. The van der Waals surface area contributed by atoms with E-state index in [9.17, 15) is 13.2 Å². The Bertz CT molecular complexity index is 1170. The molecule has 0 aliphatic heterocycles. The molecule has 4 rings (SSSR count). The molecule has 0 amide bonds. The van der Waals surface area contributed by atoms with E-state index in [2.05, 4.69) is 24.8 Å². The van der Waals surface area contributed by atoms with Crippen molar-refractivity contribution in [3.05, 3.63) is 82.7 Å². The minimum atomic E-state index is -4.39. The van der Waals surface area contributed by atoms with E-state index in [4.69, 9.17) is 0 Å². The summed E-state index contributed by atoms with van der Waals surface area (Å²) in [4.78, 5) is 0. The van der Waals surface area contributed by atoms with Crippen molar-refractivity contribution in [2.24, 2.45) is 11.8 Å². The van der Waals surface area contributed by atoms with Crippen LogP contribution in [0.3, 0.4) is 0 Å². The summed E-state index contributed by atoms with van der Waals surface area (Å²) < 4.78 is 53.1. The van der Waals surface area contributed by atoms with Crippen molar-refractivity contribution in [1.82, 2.24) is 0 Å². The molecule has 0 atom stereocenters. The first-order valence-electron chi connectivity index (χ1n) is 12.2. The lowest BCUT2D eigenvalue weighted by Crippen LogP contribution is -2.15. The predicted octanol–water partition coefficient (Wildman–Crippen LogP) is 8.94. The van der Waals surface area contributed by atoms with Gasteiger partial charge >= 0.3 is 6.18 Å². The molecule has 4 heteroatoms. The fraction of sp³-hybridized carbons (Fsp3) is 0.400. The third kappa shape index (κ3) is 6.00. The number of hydrogen-bond donors (Lipinski definition) is 0. The number of aryl methyl sites for hydroxylation is 1. The van der Waals surface area contributed by atoms with Crippen LogP contribution in [0, 0.1) is 29.5 Å². The summed E-state index contributed by atoms with van der Waals surface area (Å²) in [6, 6.07) is 14.0. The van der Waals surface area contributed by atoms with Crippen LogP contribution in [0.15, 0.2) is 54.6 Å². The first-order chi connectivity index (χ1) is 16.3. The lowest BCUT2D eigenvalue weighted by molar-refractivity contribution is -0.137. The van der Waals surface area contributed by atoms with Gasteiger partial charge in [-0.25, -0.2) is 4.39 Å². The van der Waals surface area contributed by atoms with Crippen molar-refractivity contribution in [2.75, 3.05) is 0 Å². The molecule has 3 aromatic rings. The molecular weight excluding hydrogens is 436 g/mol. The van der Waals surface area contributed by atoms with Gasteiger partial charge in [0, 0.05) is 10.9 Å². The monoisotopic (exact) mass is 466 g/mol. The highest BCUT2D eigenvalue weighted by molar-refractivity contribution is 5.85. The molecule has 3 aromatic carbocycles. The van der Waals surface area contributed by atoms with Crippen LogP contribution in [0.5, 0.6) is 0 Å². The van der Waals surface area contributed by atoms with E-state index in [0.29, 0.717) is 10.9 Å². The van der Waals surface area contributed by atoms with E-state index in [-0.39, 0.29) is 5.56 Å². The van der Waals surface area contributed by atoms with Crippen molar-refractivity contribution in [3.63, 3.8) is 0 Å². The molecule has 0 heterocycles. The molecular formula is C30H30F4. The number of fused-ring (bicyclic) bond motifs is 1. The Hall–Kier alpha value is -2.80. The van der Waals surface area contributed by atoms with Crippen molar-refractivity contribution < 1.29 is 17.6 Å². The number of alkyl halides is 3. The molecule has 1 aliphatic rings. The quantitative estimate of drug-likeness (QED) is 0.260.